The number of aliphatic hydroxyl groups is 1. The lowest BCUT2D eigenvalue weighted by Gasteiger charge is -2.28. The van der Waals surface area contributed by atoms with E-state index in [4.69, 9.17) is 4.74 Å². The maximum absolute atomic E-state index is 14.3. The lowest BCUT2D eigenvalue weighted by molar-refractivity contribution is -0.152. The molecule has 1 aromatic rings. The summed E-state index contributed by atoms with van der Waals surface area (Å²) < 4.78 is 19.7. The van der Waals surface area contributed by atoms with Gasteiger partial charge in [-0.2, -0.15) is 0 Å². The summed E-state index contributed by atoms with van der Waals surface area (Å²) in [4.78, 5) is 0. The van der Waals surface area contributed by atoms with Crippen LogP contribution >= 0.6 is 0 Å². The van der Waals surface area contributed by atoms with Crippen LogP contribution in [-0.2, 0) is 4.74 Å². The highest BCUT2D eigenvalue weighted by Gasteiger charge is 2.34. The molecule has 1 aliphatic rings. The van der Waals surface area contributed by atoms with E-state index in [0.29, 0.717) is 6.61 Å². The summed E-state index contributed by atoms with van der Waals surface area (Å²) in [7, 11) is 0. The second-order valence-electron chi connectivity index (χ2n) is 6.12. The number of allylic oxidation sites excluding steroid dienone is 2. The summed E-state index contributed by atoms with van der Waals surface area (Å²) in [6.45, 7) is 2.55. The quantitative estimate of drug-likeness (QED) is 0.382. The van der Waals surface area contributed by atoms with Crippen molar-refractivity contribution >= 4 is 0 Å². The van der Waals surface area contributed by atoms with Crippen LogP contribution in [0.25, 0.3) is 0 Å². The number of unbranched alkanes of at least 4 members (excludes halogenated alkanes) is 5. The number of hydrogen-bond donors (Lipinski definition) is 1. The Morgan fingerprint density at radius 3 is 2.48 bits per heavy atom. The van der Waals surface area contributed by atoms with Gasteiger partial charge in [0.05, 0.1) is 6.61 Å². The third kappa shape index (κ3) is 5.29. The van der Waals surface area contributed by atoms with Gasteiger partial charge < -0.3 is 9.84 Å². The summed E-state index contributed by atoms with van der Waals surface area (Å²) in [6, 6.07) is 9.66. The number of halogens is 1. The van der Waals surface area contributed by atoms with Crippen LogP contribution < -0.4 is 0 Å². The highest BCUT2D eigenvalue weighted by atomic mass is 19.1. The Labute approximate surface area is 138 Å². The Morgan fingerprint density at radius 1 is 1.09 bits per heavy atom. The van der Waals surface area contributed by atoms with Gasteiger partial charge in [0.15, 0.2) is 5.83 Å². The molecule has 0 aromatic heterocycles. The van der Waals surface area contributed by atoms with Gasteiger partial charge >= 0.3 is 0 Å². The standard InChI is InChI=1S/C20H27FO2/c1-2-3-4-5-6-10-15-23-20(22)14-13-18(16-19(20)21)17-11-8-7-9-12-17/h7-9,11-14,16,18,22H,2-6,10,15H2,1H3. The number of benzene rings is 1. The van der Waals surface area contributed by atoms with Crippen LogP contribution in [0.15, 0.2) is 54.4 Å². The summed E-state index contributed by atoms with van der Waals surface area (Å²) >= 11 is 0. The van der Waals surface area contributed by atoms with Crippen LogP contribution in [0.1, 0.15) is 56.9 Å². The van der Waals surface area contributed by atoms with Gasteiger partial charge in [-0.25, -0.2) is 4.39 Å². The van der Waals surface area contributed by atoms with Crippen LogP contribution in [0.2, 0.25) is 0 Å². The molecule has 1 aromatic carbocycles. The third-order valence-electron chi connectivity index (χ3n) is 4.20. The average Bonchev–Trinajstić information content (AvgIpc) is 2.57. The fourth-order valence-corrected chi connectivity index (χ4v) is 2.76. The van der Waals surface area contributed by atoms with Gasteiger partial charge in [-0.1, -0.05) is 75.4 Å². The van der Waals surface area contributed by atoms with Gasteiger partial charge in [0.1, 0.15) is 0 Å². The molecule has 0 saturated heterocycles. The number of hydrogen-bond acceptors (Lipinski definition) is 2. The first kappa shape index (κ1) is 17.9. The van der Waals surface area contributed by atoms with Crippen molar-refractivity contribution in [3.63, 3.8) is 0 Å². The highest BCUT2D eigenvalue weighted by molar-refractivity contribution is 5.35. The molecule has 0 heterocycles. The molecular formula is C20H27FO2. The number of ether oxygens (including phenoxy) is 1. The predicted molar refractivity (Wildman–Crippen MR) is 91.8 cm³/mol. The minimum Gasteiger partial charge on any atom is -0.357 e. The van der Waals surface area contributed by atoms with Crippen LogP contribution in [0.3, 0.4) is 0 Å². The Hall–Kier alpha value is -1.45. The van der Waals surface area contributed by atoms with Crippen molar-refractivity contribution in [1.82, 2.24) is 0 Å². The molecule has 0 fully saturated rings. The highest BCUT2D eigenvalue weighted by Crippen LogP contribution is 2.33. The summed E-state index contributed by atoms with van der Waals surface area (Å²) in [6.07, 6.45) is 11.4. The molecule has 126 valence electrons. The first-order valence-electron chi connectivity index (χ1n) is 8.64. The van der Waals surface area contributed by atoms with Crippen molar-refractivity contribution in [3.8, 4) is 0 Å². The first-order chi connectivity index (χ1) is 11.2. The Kier molecular flexibility index (Phi) is 7.00. The van der Waals surface area contributed by atoms with Gasteiger partial charge in [0, 0.05) is 5.92 Å². The van der Waals surface area contributed by atoms with E-state index < -0.39 is 11.6 Å². The van der Waals surface area contributed by atoms with Gasteiger partial charge in [-0.05, 0) is 24.1 Å². The van der Waals surface area contributed by atoms with E-state index in [1.807, 2.05) is 30.3 Å². The second-order valence-corrected chi connectivity index (χ2v) is 6.12. The van der Waals surface area contributed by atoms with Crippen molar-refractivity contribution in [2.45, 2.75) is 57.2 Å². The van der Waals surface area contributed by atoms with E-state index in [9.17, 15) is 9.50 Å². The van der Waals surface area contributed by atoms with Crippen LogP contribution in [0.4, 0.5) is 4.39 Å². The minimum atomic E-state index is -1.89. The first-order valence-corrected chi connectivity index (χ1v) is 8.64. The molecule has 1 N–H and O–H groups in total. The predicted octanol–water partition coefficient (Wildman–Crippen LogP) is 5.26. The largest absolute Gasteiger partial charge is 0.357 e. The zero-order chi connectivity index (χ0) is 16.5. The molecular weight excluding hydrogens is 291 g/mol. The van der Waals surface area contributed by atoms with Crippen LogP contribution in [-0.4, -0.2) is 17.5 Å². The Balaban J connectivity index is 1.80. The molecule has 0 aliphatic heterocycles. The molecule has 2 rings (SSSR count). The van der Waals surface area contributed by atoms with Crippen molar-refractivity contribution < 1.29 is 14.2 Å². The fourth-order valence-electron chi connectivity index (χ4n) is 2.76. The summed E-state index contributed by atoms with van der Waals surface area (Å²) in [5.41, 5.74) is 0.997. The van der Waals surface area contributed by atoms with Gasteiger partial charge in [0.2, 0.25) is 5.79 Å². The van der Waals surface area contributed by atoms with E-state index in [1.54, 1.807) is 6.08 Å². The Bertz CT molecular complexity index is 524. The molecule has 0 amide bonds. The van der Waals surface area contributed by atoms with Crippen molar-refractivity contribution in [2.24, 2.45) is 0 Å². The maximum atomic E-state index is 14.3. The average molecular weight is 318 g/mol. The minimum absolute atomic E-state index is 0.158. The normalized spacial score (nSPS) is 23.8. The van der Waals surface area contributed by atoms with Gasteiger partial charge in [0.25, 0.3) is 0 Å². The second kappa shape index (κ2) is 8.99. The zero-order valence-electron chi connectivity index (χ0n) is 13.9. The maximum Gasteiger partial charge on any atom is 0.239 e. The number of rotatable bonds is 9. The SMILES string of the molecule is CCCCCCCCOC1(O)C=CC(c2ccccc2)C=C1F. The smallest absolute Gasteiger partial charge is 0.239 e. The molecule has 23 heavy (non-hydrogen) atoms. The van der Waals surface area contributed by atoms with E-state index in [-0.39, 0.29) is 5.92 Å². The van der Waals surface area contributed by atoms with Crippen molar-refractivity contribution in [2.75, 3.05) is 6.61 Å². The summed E-state index contributed by atoms with van der Waals surface area (Å²) in [5.74, 6) is -2.68. The molecule has 1 aliphatic carbocycles. The van der Waals surface area contributed by atoms with Crippen LogP contribution in [0, 0.1) is 0 Å². The molecule has 2 nitrogen and oxygen atoms in total. The zero-order valence-corrected chi connectivity index (χ0v) is 13.9. The summed E-state index contributed by atoms with van der Waals surface area (Å²) in [5, 5.41) is 10.3. The van der Waals surface area contributed by atoms with Gasteiger partial charge in [-0.15, -0.1) is 0 Å². The topological polar surface area (TPSA) is 29.5 Å². The van der Waals surface area contributed by atoms with E-state index >= 15 is 0 Å². The molecule has 0 bridgehead atoms. The molecule has 2 unspecified atom stereocenters. The van der Waals surface area contributed by atoms with Crippen LogP contribution in [0.5, 0.6) is 0 Å². The molecule has 0 saturated carbocycles. The third-order valence-corrected chi connectivity index (χ3v) is 4.20. The van der Waals surface area contributed by atoms with E-state index in [1.165, 1.54) is 37.8 Å². The Morgan fingerprint density at radius 2 is 1.78 bits per heavy atom. The van der Waals surface area contributed by atoms with Gasteiger partial charge in [-0.3, -0.25) is 0 Å². The van der Waals surface area contributed by atoms with Crippen molar-refractivity contribution in [3.05, 3.63) is 60.0 Å². The van der Waals surface area contributed by atoms with E-state index in [2.05, 4.69) is 6.92 Å². The molecule has 3 heteroatoms. The monoisotopic (exact) mass is 318 g/mol. The van der Waals surface area contributed by atoms with Crippen molar-refractivity contribution in [1.29, 1.82) is 0 Å². The fraction of sp³-hybridized carbons (Fsp3) is 0.500. The molecule has 0 radical (unpaired) electrons. The van der Waals surface area contributed by atoms with E-state index in [0.717, 1.165) is 18.4 Å². The molecule has 2 atom stereocenters. The molecule has 0 spiro atoms. The lowest BCUT2D eigenvalue weighted by atomic mass is 9.92. The lowest BCUT2D eigenvalue weighted by Crippen LogP contribution is -2.33.